The van der Waals surface area contributed by atoms with E-state index in [2.05, 4.69) is 31.5 Å². The van der Waals surface area contributed by atoms with Crippen molar-refractivity contribution in [2.75, 3.05) is 19.0 Å². The second-order valence-corrected chi connectivity index (χ2v) is 9.65. The molecule has 3 heterocycles. The Hall–Kier alpha value is -4.25. The molecular formula is C26H25ClFN7O3. The van der Waals surface area contributed by atoms with Crippen molar-refractivity contribution in [1.82, 2.24) is 30.9 Å². The highest BCUT2D eigenvalue weighted by Gasteiger charge is 2.29. The number of likely N-dealkylation sites (N-methyl/N-ethyl adjacent to an activating group) is 1. The highest BCUT2D eigenvalue weighted by Crippen LogP contribution is 2.33. The number of fused-ring (bicyclic) bond motifs is 2. The summed E-state index contributed by atoms with van der Waals surface area (Å²) in [6, 6.07) is 6.60. The molecule has 1 aliphatic carbocycles. The van der Waals surface area contributed by atoms with Crippen LogP contribution in [0.1, 0.15) is 45.1 Å². The van der Waals surface area contributed by atoms with E-state index in [1.807, 2.05) is 6.07 Å². The highest BCUT2D eigenvalue weighted by molar-refractivity contribution is 6.33. The predicted octanol–water partition coefficient (Wildman–Crippen LogP) is 2.74. The molecule has 1 fully saturated rings. The summed E-state index contributed by atoms with van der Waals surface area (Å²) in [5.41, 5.74) is 8.33. The average Bonchev–Trinajstić information content (AvgIpc) is 3.12. The van der Waals surface area contributed by atoms with Crippen molar-refractivity contribution in [3.8, 4) is 0 Å². The SMILES string of the molecule is CN1C[C@H](NC(=O)c2cnc(NNC(=O)NC3c4cnccc4CCc4c(F)cccc43)c(Cl)c2)CC1=O. The van der Waals surface area contributed by atoms with Crippen LogP contribution in [-0.2, 0) is 17.6 Å². The molecule has 4 N–H and O–H groups in total. The van der Waals surface area contributed by atoms with Crippen LogP contribution in [0, 0.1) is 5.82 Å². The molecule has 38 heavy (non-hydrogen) atoms. The molecule has 5 rings (SSSR count). The molecule has 12 heteroatoms. The van der Waals surface area contributed by atoms with E-state index in [-0.39, 0.29) is 40.6 Å². The van der Waals surface area contributed by atoms with Gasteiger partial charge in [0.1, 0.15) is 5.82 Å². The number of halogens is 2. The van der Waals surface area contributed by atoms with Gasteiger partial charge in [-0.2, -0.15) is 0 Å². The molecule has 196 valence electrons. The zero-order valence-electron chi connectivity index (χ0n) is 20.4. The highest BCUT2D eigenvalue weighted by atomic mass is 35.5. The summed E-state index contributed by atoms with van der Waals surface area (Å²) in [6.45, 7) is 0.434. The van der Waals surface area contributed by atoms with Gasteiger partial charge in [-0.3, -0.25) is 25.4 Å². The Kier molecular flexibility index (Phi) is 7.10. The van der Waals surface area contributed by atoms with Crippen LogP contribution >= 0.6 is 11.6 Å². The number of aromatic nitrogens is 2. The minimum atomic E-state index is -0.621. The Morgan fingerprint density at radius 3 is 2.74 bits per heavy atom. The summed E-state index contributed by atoms with van der Waals surface area (Å²) < 4.78 is 14.6. The predicted molar refractivity (Wildman–Crippen MR) is 138 cm³/mol. The first-order valence-corrected chi connectivity index (χ1v) is 12.4. The van der Waals surface area contributed by atoms with E-state index < -0.39 is 18.0 Å². The lowest BCUT2D eigenvalue weighted by Crippen LogP contribution is -2.41. The van der Waals surface area contributed by atoms with Gasteiger partial charge in [0.25, 0.3) is 5.91 Å². The molecule has 2 atom stereocenters. The van der Waals surface area contributed by atoms with E-state index >= 15 is 0 Å². The molecule has 0 saturated carbocycles. The molecule has 4 amide bonds. The van der Waals surface area contributed by atoms with Gasteiger partial charge in [0.15, 0.2) is 5.82 Å². The first kappa shape index (κ1) is 25.4. The molecule has 1 unspecified atom stereocenters. The van der Waals surface area contributed by atoms with Crippen LogP contribution in [0.5, 0.6) is 0 Å². The maximum absolute atomic E-state index is 14.6. The number of hydrogen-bond donors (Lipinski definition) is 4. The van der Waals surface area contributed by atoms with Gasteiger partial charge >= 0.3 is 6.03 Å². The van der Waals surface area contributed by atoms with Gasteiger partial charge < -0.3 is 15.5 Å². The first-order chi connectivity index (χ1) is 18.3. The molecule has 0 bridgehead atoms. The number of amides is 4. The van der Waals surface area contributed by atoms with E-state index in [1.165, 1.54) is 18.3 Å². The van der Waals surface area contributed by atoms with Crippen molar-refractivity contribution in [3.63, 3.8) is 0 Å². The van der Waals surface area contributed by atoms with Gasteiger partial charge in [0, 0.05) is 44.2 Å². The number of hydrogen-bond acceptors (Lipinski definition) is 6. The largest absolute Gasteiger partial charge is 0.347 e. The number of carbonyl (C=O) groups is 3. The van der Waals surface area contributed by atoms with Crippen molar-refractivity contribution in [2.45, 2.75) is 31.3 Å². The maximum atomic E-state index is 14.6. The van der Waals surface area contributed by atoms with Crippen LogP contribution in [0.3, 0.4) is 0 Å². The van der Waals surface area contributed by atoms with Crippen LogP contribution < -0.4 is 21.5 Å². The number of aryl methyl sites for hydroxylation is 1. The molecule has 1 aromatic carbocycles. The minimum absolute atomic E-state index is 0.0346. The standard InChI is InChI=1S/C26H25ClFN7O3/c1-35-13-16(10-22(35)36)31-25(37)15-9-20(27)24(30-11-15)33-34-26(38)32-23-18-3-2-4-21(28)17(18)6-5-14-7-8-29-12-19(14)23/h2-4,7-9,11-12,16,23H,5-6,10,13H2,1H3,(H,30,33)(H,31,37)(H2,32,34,38)/t16-,23?/m1/s1. The van der Waals surface area contributed by atoms with E-state index in [0.717, 1.165) is 11.1 Å². The average molecular weight is 538 g/mol. The fourth-order valence-electron chi connectivity index (χ4n) is 4.78. The van der Waals surface area contributed by atoms with Gasteiger partial charge in [0.2, 0.25) is 5.91 Å². The summed E-state index contributed by atoms with van der Waals surface area (Å²) in [4.78, 5) is 47.0. The number of rotatable bonds is 5. The number of pyridine rings is 2. The van der Waals surface area contributed by atoms with E-state index in [9.17, 15) is 18.8 Å². The molecule has 10 nitrogen and oxygen atoms in total. The third-order valence-electron chi connectivity index (χ3n) is 6.72. The maximum Gasteiger partial charge on any atom is 0.334 e. The lowest BCUT2D eigenvalue weighted by atomic mass is 9.96. The molecule has 3 aromatic rings. The lowest BCUT2D eigenvalue weighted by molar-refractivity contribution is -0.126. The van der Waals surface area contributed by atoms with Crippen LogP contribution in [0.25, 0.3) is 0 Å². The molecule has 2 aromatic heterocycles. The number of carbonyl (C=O) groups excluding carboxylic acids is 3. The second kappa shape index (κ2) is 10.6. The van der Waals surface area contributed by atoms with Crippen molar-refractivity contribution in [3.05, 3.63) is 87.6 Å². The van der Waals surface area contributed by atoms with Gasteiger partial charge in [0.05, 0.1) is 22.7 Å². The van der Waals surface area contributed by atoms with Crippen molar-refractivity contribution >= 4 is 35.3 Å². The summed E-state index contributed by atoms with van der Waals surface area (Å²) in [6.07, 6.45) is 6.03. The summed E-state index contributed by atoms with van der Waals surface area (Å²) in [5, 5.41) is 5.78. The van der Waals surface area contributed by atoms with Crippen molar-refractivity contribution in [2.24, 2.45) is 0 Å². The molecule has 0 radical (unpaired) electrons. The number of benzene rings is 1. The summed E-state index contributed by atoms with van der Waals surface area (Å²) in [5.74, 6) is -0.632. The van der Waals surface area contributed by atoms with E-state index in [1.54, 1.807) is 36.5 Å². The fraction of sp³-hybridized carbons (Fsp3) is 0.269. The van der Waals surface area contributed by atoms with Crippen LogP contribution in [0.15, 0.2) is 48.9 Å². The molecular weight excluding hydrogens is 513 g/mol. The topological polar surface area (TPSA) is 128 Å². The normalized spacial score (nSPS) is 18.2. The zero-order chi connectivity index (χ0) is 26.8. The molecule has 1 saturated heterocycles. The number of nitrogens with one attached hydrogen (secondary N) is 4. The number of likely N-dealkylation sites (tertiary alicyclic amines) is 1. The number of anilines is 1. The molecule has 1 aliphatic heterocycles. The first-order valence-electron chi connectivity index (χ1n) is 12.0. The van der Waals surface area contributed by atoms with Gasteiger partial charge in [-0.25, -0.2) is 14.2 Å². The monoisotopic (exact) mass is 537 g/mol. The quantitative estimate of drug-likeness (QED) is 0.371. The molecule has 0 spiro atoms. The smallest absolute Gasteiger partial charge is 0.334 e. The zero-order valence-corrected chi connectivity index (χ0v) is 21.2. The summed E-state index contributed by atoms with van der Waals surface area (Å²) in [7, 11) is 1.68. The summed E-state index contributed by atoms with van der Waals surface area (Å²) >= 11 is 6.30. The lowest BCUT2D eigenvalue weighted by Gasteiger charge is -2.22. The van der Waals surface area contributed by atoms with Crippen molar-refractivity contribution < 1.29 is 18.8 Å². The third kappa shape index (κ3) is 5.23. The Balaban J connectivity index is 1.25. The number of hydrazine groups is 1. The van der Waals surface area contributed by atoms with Gasteiger partial charge in [-0.1, -0.05) is 23.7 Å². The Bertz CT molecular complexity index is 1420. The second-order valence-electron chi connectivity index (χ2n) is 9.24. The van der Waals surface area contributed by atoms with Gasteiger partial charge in [-0.15, -0.1) is 0 Å². The minimum Gasteiger partial charge on any atom is -0.347 e. The fourth-order valence-corrected chi connectivity index (χ4v) is 5.00. The number of urea groups is 1. The molecule has 2 aliphatic rings. The van der Waals surface area contributed by atoms with Crippen LogP contribution in [0.2, 0.25) is 5.02 Å². The van der Waals surface area contributed by atoms with E-state index in [0.29, 0.717) is 30.5 Å². The Morgan fingerprint density at radius 2 is 1.97 bits per heavy atom. The van der Waals surface area contributed by atoms with Crippen LogP contribution in [0.4, 0.5) is 15.0 Å². The van der Waals surface area contributed by atoms with Gasteiger partial charge in [-0.05, 0) is 47.7 Å². The Morgan fingerprint density at radius 1 is 1.13 bits per heavy atom. The van der Waals surface area contributed by atoms with Crippen molar-refractivity contribution in [1.29, 1.82) is 0 Å². The van der Waals surface area contributed by atoms with Crippen LogP contribution in [-0.4, -0.2) is 52.3 Å². The number of nitrogens with zero attached hydrogens (tertiary/aromatic N) is 3. The Labute approximate surface area is 223 Å². The van der Waals surface area contributed by atoms with E-state index in [4.69, 9.17) is 11.6 Å². The third-order valence-corrected chi connectivity index (χ3v) is 7.01.